The summed E-state index contributed by atoms with van der Waals surface area (Å²) in [6.07, 6.45) is 0.517. The number of benzene rings is 1. The minimum atomic E-state index is -0.780. The molecule has 1 fully saturated rings. The van der Waals surface area contributed by atoms with Gasteiger partial charge in [-0.05, 0) is 30.5 Å². The van der Waals surface area contributed by atoms with Crippen molar-refractivity contribution in [2.45, 2.75) is 51.5 Å². The summed E-state index contributed by atoms with van der Waals surface area (Å²) in [5.74, 6) is -1.00. The van der Waals surface area contributed by atoms with Crippen LogP contribution >= 0.6 is 0 Å². The lowest BCUT2D eigenvalue weighted by atomic mass is 10.1. The van der Waals surface area contributed by atoms with Crippen molar-refractivity contribution in [2.75, 3.05) is 25.6 Å². The van der Waals surface area contributed by atoms with Crippen molar-refractivity contribution in [3.05, 3.63) is 62.4 Å². The summed E-state index contributed by atoms with van der Waals surface area (Å²) in [5.41, 5.74) is 1.49. The average molecular weight is 459 g/mol. The predicted octanol–water partition coefficient (Wildman–Crippen LogP) is 1.17. The highest BCUT2D eigenvalue weighted by Crippen LogP contribution is 2.30. The number of rotatable bonds is 8. The number of esters is 2. The maximum Gasteiger partial charge on any atom is 0.330 e. The number of aryl methyl sites for hydroxylation is 2. The van der Waals surface area contributed by atoms with Crippen molar-refractivity contribution in [3.8, 4) is 0 Å². The second-order valence-electron chi connectivity index (χ2n) is 8.20. The molecule has 0 amide bonds. The Hall–Kier alpha value is -3.40. The molecule has 3 rings (SSSR count). The Morgan fingerprint density at radius 2 is 1.82 bits per heavy atom. The number of hydrogen-bond acceptors (Lipinski definition) is 8. The van der Waals surface area contributed by atoms with Gasteiger partial charge in [0.15, 0.2) is 0 Å². The lowest BCUT2D eigenvalue weighted by Gasteiger charge is -2.17. The third-order valence-electron chi connectivity index (χ3n) is 5.44. The van der Waals surface area contributed by atoms with Crippen molar-refractivity contribution in [1.29, 1.82) is 0 Å². The Labute approximate surface area is 191 Å². The van der Waals surface area contributed by atoms with E-state index >= 15 is 0 Å². The summed E-state index contributed by atoms with van der Waals surface area (Å²) in [6.45, 7) is 2.42. The van der Waals surface area contributed by atoms with Crippen LogP contribution in [0.15, 0.2) is 40.1 Å². The number of carbonyl (C=O) groups is 2. The standard InChI is InChI=1S/C23H29N3O7/c1-14(27)31-13-20-19(32-15(2)28)11-21(33-20)26-12-17(22(29)24-23(26)30)8-5-16-6-9-18(10-7-16)25(3)4/h6-7,9-10,12,19-21H,5,8,11,13H2,1-4H3,(H,24,29,30)/t19-,20+,21+/m0/s1. The second kappa shape index (κ2) is 10.5. The highest BCUT2D eigenvalue weighted by molar-refractivity contribution is 5.66. The van der Waals surface area contributed by atoms with Gasteiger partial charge in [-0.25, -0.2) is 4.79 Å². The monoisotopic (exact) mass is 459 g/mol. The molecule has 1 saturated heterocycles. The molecule has 10 heteroatoms. The van der Waals surface area contributed by atoms with E-state index in [1.165, 1.54) is 24.6 Å². The second-order valence-corrected chi connectivity index (χ2v) is 8.20. The zero-order chi connectivity index (χ0) is 24.1. The minimum Gasteiger partial charge on any atom is -0.463 e. The number of H-pyrrole nitrogens is 1. The summed E-state index contributed by atoms with van der Waals surface area (Å²) in [4.78, 5) is 51.8. The number of nitrogens with one attached hydrogen (secondary N) is 1. The molecular formula is C23H29N3O7. The average Bonchev–Trinajstić information content (AvgIpc) is 3.13. The SMILES string of the molecule is CC(=O)OC[C@H]1O[C@@H](n2cc(CCc3ccc(N(C)C)cc3)c(=O)[nH]c2=O)C[C@@H]1OC(C)=O. The summed E-state index contributed by atoms with van der Waals surface area (Å²) >= 11 is 0. The quantitative estimate of drug-likeness (QED) is 0.584. The molecule has 33 heavy (non-hydrogen) atoms. The highest BCUT2D eigenvalue weighted by Gasteiger charge is 2.39. The topological polar surface area (TPSA) is 120 Å². The Morgan fingerprint density at radius 3 is 2.42 bits per heavy atom. The first-order valence-electron chi connectivity index (χ1n) is 10.7. The molecule has 0 unspecified atom stereocenters. The molecule has 0 bridgehead atoms. The maximum absolute atomic E-state index is 12.5. The van der Waals surface area contributed by atoms with Crippen LogP contribution in [-0.2, 0) is 36.6 Å². The largest absolute Gasteiger partial charge is 0.463 e. The molecule has 0 aliphatic carbocycles. The zero-order valence-corrected chi connectivity index (χ0v) is 19.2. The van der Waals surface area contributed by atoms with Crippen LogP contribution < -0.4 is 16.1 Å². The highest BCUT2D eigenvalue weighted by atomic mass is 16.6. The van der Waals surface area contributed by atoms with E-state index in [-0.39, 0.29) is 13.0 Å². The van der Waals surface area contributed by atoms with E-state index in [2.05, 4.69) is 4.98 Å². The first kappa shape index (κ1) is 24.2. The number of nitrogens with zero attached hydrogens (tertiary/aromatic N) is 2. The Bertz CT molecular complexity index is 1100. The lowest BCUT2D eigenvalue weighted by molar-refractivity contribution is -0.155. The van der Waals surface area contributed by atoms with E-state index in [0.717, 1.165) is 11.3 Å². The van der Waals surface area contributed by atoms with Gasteiger partial charge in [-0.15, -0.1) is 0 Å². The molecule has 178 valence electrons. The van der Waals surface area contributed by atoms with Gasteiger partial charge in [0, 0.05) is 51.8 Å². The molecule has 1 aromatic carbocycles. The molecular weight excluding hydrogens is 430 g/mol. The summed E-state index contributed by atoms with van der Waals surface area (Å²) in [6, 6.07) is 8.02. The lowest BCUT2D eigenvalue weighted by Crippen LogP contribution is -2.34. The first-order valence-corrected chi connectivity index (χ1v) is 10.7. The molecule has 3 atom stereocenters. The van der Waals surface area contributed by atoms with Crippen molar-refractivity contribution < 1.29 is 23.8 Å². The number of hydrogen-bond donors (Lipinski definition) is 1. The fourth-order valence-electron chi connectivity index (χ4n) is 3.72. The van der Waals surface area contributed by atoms with Crippen molar-refractivity contribution in [1.82, 2.24) is 9.55 Å². The third kappa shape index (κ3) is 6.32. The molecule has 2 heterocycles. The van der Waals surface area contributed by atoms with Gasteiger partial charge in [0.05, 0.1) is 0 Å². The number of aromatic nitrogens is 2. The van der Waals surface area contributed by atoms with Gasteiger partial charge in [0.2, 0.25) is 0 Å². The van der Waals surface area contributed by atoms with Crippen LogP contribution in [0, 0.1) is 0 Å². The van der Waals surface area contributed by atoms with Crippen LogP contribution in [0.4, 0.5) is 5.69 Å². The molecule has 2 aromatic rings. The van der Waals surface area contributed by atoms with Gasteiger partial charge in [-0.2, -0.15) is 0 Å². The molecule has 1 aliphatic heterocycles. The molecule has 1 N–H and O–H groups in total. The molecule has 0 saturated carbocycles. The van der Waals surface area contributed by atoms with Crippen molar-refractivity contribution in [3.63, 3.8) is 0 Å². The van der Waals surface area contributed by atoms with Crippen LogP contribution in [0.2, 0.25) is 0 Å². The predicted molar refractivity (Wildman–Crippen MR) is 120 cm³/mol. The van der Waals surface area contributed by atoms with E-state index < -0.39 is 41.6 Å². The van der Waals surface area contributed by atoms with Gasteiger partial charge in [0.1, 0.15) is 25.0 Å². The van der Waals surface area contributed by atoms with Gasteiger partial charge >= 0.3 is 17.6 Å². The van der Waals surface area contributed by atoms with Crippen LogP contribution in [0.3, 0.4) is 0 Å². The number of carbonyl (C=O) groups excluding carboxylic acids is 2. The summed E-state index contributed by atoms with van der Waals surface area (Å²) in [7, 11) is 3.93. The maximum atomic E-state index is 12.5. The van der Waals surface area contributed by atoms with Gasteiger partial charge < -0.3 is 19.1 Å². The Morgan fingerprint density at radius 1 is 1.12 bits per heavy atom. The number of anilines is 1. The molecule has 1 aromatic heterocycles. The zero-order valence-electron chi connectivity index (χ0n) is 19.2. The molecule has 1 aliphatic rings. The summed E-state index contributed by atoms with van der Waals surface area (Å²) in [5, 5.41) is 0. The van der Waals surface area contributed by atoms with E-state index in [0.29, 0.717) is 18.4 Å². The van der Waals surface area contributed by atoms with E-state index in [1.54, 1.807) is 0 Å². The van der Waals surface area contributed by atoms with E-state index in [9.17, 15) is 19.2 Å². The summed E-state index contributed by atoms with van der Waals surface area (Å²) < 4.78 is 17.4. The van der Waals surface area contributed by atoms with Crippen molar-refractivity contribution in [2.24, 2.45) is 0 Å². The third-order valence-corrected chi connectivity index (χ3v) is 5.44. The number of aromatic amines is 1. The fourth-order valence-corrected chi connectivity index (χ4v) is 3.72. The fraction of sp³-hybridized carbons (Fsp3) is 0.478. The molecule has 10 nitrogen and oxygen atoms in total. The van der Waals surface area contributed by atoms with Crippen molar-refractivity contribution >= 4 is 17.6 Å². The number of ether oxygens (including phenoxy) is 3. The van der Waals surface area contributed by atoms with Crippen LogP contribution in [0.5, 0.6) is 0 Å². The van der Waals surface area contributed by atoms with Crippen LogP contribution in [0.25, 0.3) is 0 Å². The van der Waals surface area contributed by atoms with E-state index in [1.807, 2.05) is 43.3 Å². The van der Waals surface area contributed by atoms with Crippen LogP contribution in [-0.4, -0.2) is 54.4 Å². The minimum absolute atomic E-state index is 0.113. The molecule has 0 radical (unpaired) electrons. The molecule has 0 spiro atoms. The van der Waals surface area contributed by atoms with Crippen LogP contribution in [0.1, 0.15) is 37.6 Å². The van der Waals surface area contributed by atoms with Gasteiger partial charge in [-0.1, -0.05) is 12.1 Å². The smallest absolute Gasteiger partial charge is 0.330 e. The Kier molecular flexibility index (Phi) is 7.70. The first-order chi connectivity index (χ1) is 15.6. The van der Waals surface area contributed by atoms with Gasteiger partial charge in [0.25, 0.3) is 5.56 Å². The van der Waals surface area contributed by atoms with E-state index in [4.69, 9.17) is 14.2 Å². The Balaban J connectivity index is 1.77. The normalized spacial score (nSPS) is 19.8. The van der Waals surface area contributed by atoms with Gasteiger partial charge in [-0.3, -0.25) is 23.9 Å².